The minimum atomic E-state index is 0.714. The molecule has 0 amide bonds. The summed E-state index contributed by atoms with van der Waals surface area (Å²) < 4.78 is 2.28. The highest BCUT2D eigenvalue weighted by molar-refractivity contribution is 7.09. The Kier molecular flexibility index (Phi) is 5.02. The lowest BCUT2D eigenvalue weighted by molar-refractivity contribution is 0.552. The molecule has 18 heavy (non-hydrogen) atoms. The third kappa shape index (κ3) is 4.31. The largest absolute Gasteiger partial charge is 0.354 e. The molecule has 3 heteroatoms. The number of nitrogens with one attached hydrogen (secondary N) is 1. The van der Waals surface area contributed by atoms with Crippen LogP contribution in [0.2, 0.25) is 0 Å². The minimum Gasteiger partial charge on any atom is -0.354 e. The van der Waals surface area contributed by atoms with Gasteiger partial charge in [0.05, 0.1) is 0 Å². The number of aromatic nitrogens is 1. The van der Waals surface area contributed by atoms with Crippen molar-refractivity contribution in [3.05, 3.63) is 46.4 Å². The average molecular weight is 262 g/mol. The first kappa shape index (κ1) is 13.4. The third-order valence-electron chi connectivity index (χ3n) is 2.89. The van der Waals surface area contributed by atoms with Crippen molar-refractivity contribution in [2.24, 2.45) is 5.92 Å². The van der Waals surface area contributed by atoms with Crippen LogP contribution >= 0.6 is 11.3 Å². The zero-order valence-corrected chi connectivity index (χ0v) is 12.0. The molecule has 0 fully saturated rings. The molecule has 0 bridgehead atoms. The van der Waals surface area contributed by atoms with Gasteiger partial charge in [-0.3, -0.25) is 0 Å². The highest BCUT2D eigenvalue weighted by Crippen LogP contribution is 2.11. The molecule has 2 heterocycles. The Balaban J connectivity index is 1.75. The Hall–Kier alpha value is -1.06. The molecule has 0 saturated heterocycles. The van der Waals surface area contributed by atoms with Gasteiger partial charge in [0.2, 0.25) is 0 Å². The van der Waals surface area contributed by atoms with Crippen LogP contribution in [0.4, 0.5) is 0 Å². The predicted molar refractivity (Wildman–Crippen MR) is 79.0 cm³/mol. The van der Waals surface area contributed by atoms with E-state index in [1.165, 1.54) is 10.4 Å². The molecule has 0 aliphatic rings. The SMILES string of the molecule is CC(C)CNCc1ccn(CCc2cccs2)c1. The van der Waals surface area contributed by atoms with E-state index >= 15 is 0 Å². The molecule has 98 valence electrons. The quantitative estimate of drug-likeness (QED) is 0.807. The van der Waals surface area contributed by atoms with Crippen LogP contribution in [0.25, 0.3) is 0 Å². The molecule has 0 atom stereocenters. The maximum atomic E-state index is 3.47. The lowest BCUT2D eigenvalue weighted by atomic mass is 10.2. The summed E-state index contributed by atoms with van der Waals surface area (Å²) in [5, 5.41) is 5.62. The fraction of sp³-hybridized carbons (Fsp3) is 0.467. The molecule has 0 unspecified atom stereocenters. The number of thiophene rings is 1. The summed E-state index contributed by atoms with van der Waals surface area (Å²) in [6.45, 7) is 7.60. The highest BCUT2D eigenvalue weighted by Gasteiger charge is 1.99. The number of aryl methyl sites for hydroxylation is 2. The smallest absolute Gasteiger partial charge is 0.0268 e. The van der Waals surface area contributed by atoms with Crippen LogP contribution in [-0.2, 0) is 19.5 Å². The Morgan fingerprint density at radius 1 is 1.33 bits per heavy atom. The number of hydrogen-bond donors (Lipinski definition) is 1. The lowest BCUT2D eigenvalue weighted by Crippen LogP contribution is -2.18. The van der Waals surface area contributed by atoms with Crippen molar-refractivity contribution in [1.29, 1.82) is 0 Å². The molecule has 0 aliphatic carbocycles. The number of rotatable bonds is 7. The van der Waals surface area contributed by atoms with Crippen LogP contribution in [0, 0.1) is 5.92 Å². The Morgan fingerprint density at radius 3 is 2.94 bits per heavy atom. The molecule has 2 aromatic heterocycles. The van der Waals surface area contributed by atoms with E-state index in [0.29, 0.717) is 5.92 Å². The molecule has 0 radical (unpaired) electrons. The van der Waals surface area contributed by atoms with Crippen LogP contribution in [0.15, 0.2) is 36.0 Å². The standard InChI is InChI=1S/C15H22N2S/c1-13(2)10-16-11-14-5-7-17(12-14)8-6-15-4-3-9-18-15/h3-5,7,9,12-13,16H,6,8,10-11H2,1-2H3. The molecule has 0 aliphatic heterocycles. The number of nitrogens with zero attached hydrogens (tertiary/aromatic N) is 1. The molecule has 0 spiro atoms. The predicted octanol–water partition coefficient (Wildman–Crippen LogP) is 3.54. The normalized spacial score (nSPS) is 11.3. The number of hydrogen-bond acceptors (Lipinski definition) is 2. The van der Waals surface area contributed by atoms with E-state index in [9.17, 15) is 0 Å². The van der Waals surface area contributed by atoms with Gasteiger partial charge in [0.1, 0.15) is 0 Å². The van der Waals surface area contributed by atoms with E-state index in [1.54, 1.807) is 0 Å². The van der Waals surface area contributed by atoms with Gasteiger partial charge in [-0.15, -0.1) is 11.3 Å². The fourth-order valence-corrected chi connectivity index (χ4v) is 2.63. The molecule has 0 aromatic carbocycles. The molecule has 1 N–H and O–H groups in total. The summed E-state index contributed by atoms with van der Waals surface area (Å²) in [4.78, 5) is 1.46. The van der Waals surface area contributed by atoms with Crippen molar-refractivity contribution in [1.82, 2.24) is 9.88 Å². The van der Waals surface area contributed by atoms with Crippen molar-refractivity contribution >= 4 is 11.3 Å². The average Bonchev–Trinajstić information content (AvgIpc) is 2.96. The molecule has 2 rings (SSSR count). The summed E-state index contributed by atoms with van der Waals surface area (Å²) in [5.74, 6) is 0.714. The molecule has 0 saturated carbocycles. The Bertz CT molecular complexity index is 443. The topological polar surface area (TPSA) is 17.0 Å². The minimum absolute atomic E-state index is 0.714. The summed E-state index contributed by atoms with van der Waals surface area (Å²) in [6.07, 6.45) is 5.56. The lowest BCUT2D eigenvalue weighted by Gasteiger charge is -2.05. The molecule has 2 nitrogen and oxygen atoms in total. The summed E-state index contributed by atoms with van der Waals surface area (Å²) in [5.41, 5.74) is 1.38. The van der Waals surface area contributed by atoms with Crippen molar-refractivity contribution in [3.63, 3.8) is 0 Å². The van der Waals surface area contributed by atoms with Gasteiger partial charge in [0.25, 0.3) is 0 Å². The first-order valence-electron chi connectivity index (χ1n) is 6.62. The van der Waals surface area contributed by atoms with Gasteiger partial charge in [-0.05, 0) is 42.0 Å². The van der Waals surface area contributed by atoms with Crippen LogP contribution in [0.1, 0.15) is 24.3 Å². The monoisotopic (exact) mass is 262 g/mol. The second kappa shape index (κ2) is 6.76. The Morgan fingerprint density at radius 2 is 2.22 bits per heavy atom. The molecular formula is C15H22N2S. The van der Waals surface area contributed by atoms with Gasteiger partial charge in [-0.25, -0.2) is 0 Å². The fourth-order valence-electron chi connectivity index (χ4n) is 1.93. The van der Waals surface area contributed by atoms with E-state index in [4.69, 9.17) is 0 Å². The zero-order valence-electron chi connectivity index (χ0n) is 11.2. The van der Waals surface area contributed by atoms with Crippen molar-refractivity contribution in [3.8, 4) is 0 Å². The molecular weight excluding hydrogens is 240 g/mol. The summed E-state index contributed by atoms with van der Waals surface area (Å²) in [7, 11) is 0. The Labute approximate surface area is 114 Å². The summed E-state index contributed by atoms with van der Waals surface area (Å²) >= 11 is 1.84. The van der Waals surface area contributed by atoms with E-state index < -0.39 is 0 Å². The molecule has 2 aromatic rings. The maximum absolute atomic E-state index is 3.47. The first-order chi connectivity index (χ1) is 8.74. The van der Waals surface area contributed by atoms with E-state index in [1.807, 2.05) is 11.3 Å². The third-order valence-corrected chi connectivity index (χ3v) is 3.83. The maximum Gasteiger partial charge on any atom is 0.0268 e. The van der Waals surface area contributed by atoms with Crippen molar-refractivity contribution in [2.45, 2.75) is 33.4 Å². The van der Waals surface area contributed by atoms with Crippen LogP contribution in [0.5, 0.6) is 0 Å². The summed E-state index contributed by atoms with van der Waals surface area (Å²) in [6, 6.07) is 6.54. The van der Waals surface area contributed by atoms with Crippen LogP contribution in [-0.4, -0.2) is 11.1 Å². The van der Waals surface area contributed by atoms with Crippen molar-refractivity contribution in [2.75, 3.05) is 6.54 Å². The first-order valence-corrected chi connectivity index (χ1v) is 7.50. The second-order valence-corrected chi connectivity index (χ2v) is 6.14. The van der Waals surface area contributed by atoms with Gasteiger partial charge >= 0.3 is 0 Å². The van der Waals surface area contributed by atoms with E-state index in [-0.39, 0.29) is 0 Å². The van der Waals surface area contributed by atoms with Crippen LogP contribution < -0.4 is 5.32 Å². The zero-order chi connectivity index (χ0) is 12.8. The van der Waals surface area contributed by atoms with Crippen LogP contribution in [0.3, 0.4) is 0 Å². The van der Waals surface area contributed by atoms with E-state index in [2.05, 4.69) is 59.7 Å². The van der Waals surface area contributed by atoms with E-state index in [0.717, 1.165) is 26.1 Å². The van der Waals surface area contributed by atoms with Gasteiger partial charge in [-0.1, -0.05) is 19.9 Å². The van der Waals surface area contributed by atoms with Gasteiger partial charge in [0, 0.05) is 30.4 Å². The van der Waals surface area contributed by atoms with Crippen molar-refractivity contribution < 1.29 is 0 Å². The van der Waals surface area contributed by atoms with Gasteiger partial charge in [-0.2, -0.15) is 0 Å². The van der Waals surface area contributed by atoms with Gasteiger partial charge in [0.15, 0.2) is 0 Å². The van der Waals surface area contributed by atoms with Gasteiger partial charge < -0.3 is 9.88 Å². The highest BCUT2D eigenvalue weighted by atomic mass is 32.1. The second-order valence-electron chi connectivity index (χ2n) is 5.11.